The second kappa shape index (κ2) is 5.55. The third kappa shape index (κ3) is 3.59. The van der Waals surface area contributed by atoms with E-state index < -0.39 is 23.8 Å². The minimum atomic E-state index is -4.56. The molecule has 5 nitrogen and oxygen atoms in total. The molecular formula is C13H13F3N4O. The maximum Gasteiger partial charge on any atom is 0.434 e. The van der Waals surface area contributed by atoms with Gasteiger partial charge in [0.15, 0.2) is 5.69 Å². The highest BCUT2D eigenvalue weighted by Crippen LogP contribution is 2.28. The van der Waals surface area contributed by atoms with Gasteiger partial charge in [0.25, 0.3) is 0 Å². The summed E-state index contributed by atoms with van der Waals surface area (Å²) in [6, 6.07) is 2.53. The number of nitrogens with two attached hydrogens (primary N) is 1. The number of aryl methyl sites for hydroxylation is 1. The first-order valence-electron chi connectivity index (χ1n) is 6.09. The van der Waals surface area contributed by atoms with Crippen molar-refractivity contribution in [1.82, 2.24) is 14.5 Å². The Morgan fingerprint density at radius 1 is 1.38 bits per heavy atom. The Bertz CT molecular complexity index is 634. The van der Waals surface area contributed by atoms with Gasteiger partial charge < -0.3 is 10.3 Å². The average molecular weight is 298 g/mol. The molecule has 0 bridgehead atoms. The molecule has 0 aliphatic rings. The number of imidazole rings is 1. The Hall–Kier alpha value is -2.38. The largest absolute Gasteiger partial charge is 0.434 e. The molecule has 8 heteroatoms. The van der Waals surface area contributed by atoms with Gasteiger partial charge in [-0.3, -0.25) is 9.78 Å². The van der Waals surface area contributed by atoms with Gasteiger partial charge in [0, 0.05) is 24.5 Å². The number of rotatable bonds is 4. The fraction of sp³-hybridized carbons (Fsp3) is 0.308. The molecule has 0 saturated heterocycles. The van der Waals surface area contributed by atoms with Crippen molar-refractivity contribution >= 4 is 5.91 Å². The molecule has 0 radical (unpaired) electrons. The summed E-state index contributed by atoms with van der Waals surface area (Å²) in [4.78, 5) is 18.9. The molecular weight excluding hydrogens is 285 g/mol. The van der Waals surface area contributed by atoms with Crippen LogP contribution in [-0.4, -0.2) is 20.4 Å². The lowest BCUT2D eigenvalue weighted by Crippen LogP contribution is -2.28. The minimum Gasteiger partial charge on any atom is -0.368 e. The Balaban J connectivity index is 2.25. The third-order valence-corrected chi connectivity index (χ3v) is 2.96. The topological polar surface area (TPSA) is 73.8 Å². The second-order valence-electron chi connectivity index (χ2n) is 4.65. The number of carbonyl (C=O) groups is 1. The van der Waals surface area contributed by atoms with E-state index in [4.69, 9.17) is 5.73 Å². The van der Waals surface area contributed by atoms with E-state index in [2.05, 4.69) is 9.97 Å². The predicted octanol–water partition coefficient (Wildman–Crippen LogP) is 1.87. The third-order valence-electron chi connectivity index (χ3n) is 2.96. The van der Waals surface area contributed by atoms with Crippen LogP contribution in [-0.2, 0) is 17.4 Å². The molecule has 2 N–H and O–H groups in total. The maximum absolute atomic E-state index is 12.5. The van der Waals surface area contributed by atoms with Crippen molar-refractivity contribution in [1.29, 1.82) is 0 Å². The van der Waals surface area contributed by atoms with Crippen molar-refractivity contribution < 1.29 is 18.0 Å². The first-order valence-corrected chi connectivity index (χ1v) is 6.09. The molecule has 2 aromatic heterocycles. The van der Waals surface area contributed by atoms with E-state index in [0.717, 1.165) is 22.7 Å². The highest BCUT2D eigenvalue weighted by atomic mass is 19.4. The lowest BCUT2D eigenvalue weighted by atomic mass is 10.1. The molecule has 1 atom stereocenters. The number of hydrogen-bond acceptors (Lipinski definition) is 3. The molecule has 0 aromatic carbocycles. The molecule has 0 fully saturated rings. The Labute approximate surface area is 118 Å². The average Bonchev–Trinajstić information content (AvgIpc) is 2.87. The van der Waals surface area contributed by atoms with Crippen molar-refractivity contribution in [2.24, 2.45) is 5.73 Å². The smallest absolute Gasteiger partial charge is 0.368 e. The fourth-order valence-electron chi connectivity index (χ4n) is 1.82. The zero-order valence-corrected chi connectivity index (χ0v) is 11.1. The number of hydrogen-bond donors (Lipinski definition) is 1. The number of nitrogens with zero attached hydrogens (tertiary/aromatic N) is 3. The van der Waals surface area contributed by atoms with E-state index in [0.29, 0.717) is 5.69 Å². The summed E-state index contributed by atoms with van der Waals surface area (Å²) >= 11 is 0. The number of primary amides is 1. The Morgan fingerprint density at radius 2 is 2.10 bits per heavy atom. The van der Waals surface area contributed by atoms with Gasteiger partial charge >= 0.3 is 6.18 Å². The minimum absolute atomic E-state index is 0.100. The molecule has 0 aliphatic carbocycles. The first-order chi connectivity index (χ1) is 9.77. The first kappa shape index (κ1) is 15.0. The lowest BCUT2D eigenvalue weighted by Gasteiger charge is -2.14. The Morgan fingerprint density at radius 3 is 2.57 bits per heavy atom. The SMILES string of the molecule is Cc1ccc(CC(C(N)=O)n2cnc(C(F)(F)F)c2)nc1. The number of aromatic nitrogens is 3. The molecule has 21 heavy (non-hydrogen) atoms. The van der Waals surface area contributed by atoms with E-state index in [1.54, 1.807) is 18.3 Å². The van der Waals surface area contributed by atoms with Gasteiger partial charge in [-0.1, -0.05) is 6.07 Å². The number of halogens is 3. The van der Waals surface area contributed by atoms with Gasteiger partial charge in [0.1, 0.15) is 6.04 Å². The molecule has 0 aliphatic heterocycles. The molecule has 0 spiro atoms. The summed E-state index contributed by atoms with van der Waals surface area (Å²) in [5.74, 6) is -0.747. The van der Waals surface area contributed by atoms with Gasteiger partial charge in [0.05, 0.1) is 6.33 Å². The van der Waals surface area contributed by atoms with Crippen LogP contribution in [0.5, 0.6) is 0 Å². The molecule has 2 heterocycles. The summed E-state index contributed by atoms with van der Waals surface area (Å²) in [6.45, 7) is 1.85. The van der Waals surface area contributed by atoms with Crippen LogP contribution in [0.2, 0.25) is 0 Å². The van der Waals surface area contributed by atoms with Crippen molar-refractivity contribution in [3.63, 3.8) is 0 Å². The zero-order valence-electron chi connectivity index (χ0n) is 11.1. The molecule has 0 saturated carbocycles. The van der Waals surface area contributed by atoms with Crippen LogP contribution in [0.3, 0.4) is 0 Å². The van der Waals surface area contributed by atoms with Crippen molar-refractivity contribution in [3.05, 3.63) is 47.8 Å². The van der Waals surface area contributed by atoms with Crippen LogP contribution < -0.4 is 5.73 Å². The van der Waals surface area contributed by atoms with E-state index in [1.807, 2.05) is 6.92 Å². The quantitative estimate of drug-likeness (QED) is 0.936. The van der Waals surface area contributed by atoms with Crippen LogP contribution in [0.1, 0.15) is 23.0 Å². The summed E-state index contributed by atoms with van der Waals surface area (Å²) in [5, 5.41) is 0. The number of alkyl halides is 3. The predicted molar refractivity (Wildman–Crippen MR) is 68.1 cm³/mol. The van der Waals surface area contributed by atoms with Crippen molar-refractivity contribution in [2.45, 2.75) is 25.6 Å². The monoisotopic (exact) mass is 298 g/mol. The molecule has 2 aromatic rings. The van der Waals surface area contributed by atoms with Gasteiger partial charge in [-0.25, -0.2) is 4.98 Å². The van der Waals surface area contributed by atoms with Crippen molar-refractivity contribution in [3.8, 4) is 0 Å². The fourth-order valence-corrected chi connectivity index (χ4v) is 1.82. The maximum atomic E-state index is 12.5. The van der Waals surface area contributed by atoms with Gasteiger partial charge in [-0.05, 0) is 18.6 Å². The molecule has 1 amide bonds. The van der Waals surface area contributed by atoms with E-state index in [-0.39, 0.29) is 6.42 Å². The Kier molecular flexibility index (Phi) is 3.97. The number of pyridine rings is 1. The normalized spacial score (nSPS) is 13.1. The summed E-state index contributed by atoms with van der Waals surface area (Å²) in [7, 11) is 0. The zero-order chi connectivity index (χ0) is 15.6. The van der Waals surface area contributed by atoms with Crippen LogP contribution in [0.4, 0.5) is 13.2 Å². The van der Waals surface area contributed by atoms with Gasteiger partial charge in [-0.15, -0.1) is 0 Å². The number of carbonyl (C=O) groups excluding carboxylic acids is 1. The highest BCUT2D eigenvalue weighted by Gasteiger charge is 2.34. The van der Waals surface area contributed by atoms with Crippen LogP contribution >= 0.6 is 0 Å². The summed E-state index contributed by atoms with van der Waals surface area (Å²) < 4.78 is 38.7. The highest BCUT2D eigenvalue weighted by molar-refractivity contribution is 5.78. The van der Waals surface area contributed by atoms with Gasteiger partial charge in [-0.2, -0.15) is 13.2 Å². The van der Waals surface area contributed by atoms with Crippen LogP contribution in [0.15, 0.2) is 30.9 Å². The van der Waals surface area contributed by atoms with Gasteiger partial charge in [0.2, 0.25) is 5.91 Å². The van der Waals surface area contributed by atoms with E-state index in [1.165, 1.54) is 0 Å². The summed E-state index contributed by atoms with van der Waals surface area (Å²) in [6.07, 6.45) is -1.13. The summed E-state index contributed by atoms with van der Waals surface area (Å²) in [5.41, 5.74) is 5.71. The van der Waals surface area contributed by atoms with Crippen LogP contribution in [0, 0.1) is 6.92 Å². The number of amides is 1. The van der Waals surface area contributed by atoms with E-state index >= 15 is 0 Å². The molecule has 2 rings (SSSR count). The lowest BCUT2D eigenvalue weighted by molar-refractivity contribution is -0.141. The van der Waals surface area contributed by atoms with Crippen molar-refractivity contribution in [2.75, 3.05) is 0 Å². The van der Waals surface area contributed by atoms with Crippen LogP contribution in [0.25, 0.3) is 0 Å². The second-order valence-corrected chi connectivity index (χ2v) is 4.65. The molecule has 112 valence electrons. The standard InChI is InChI=1S/C13H13F3N4O/c1-8-2-3-9(18-5-8)4-10(12(17)21)20-6-11(19-7-20)13(14,15)16/h2-3,5-7,10H,4H2,1H3,(H2,17,21). The van der Waals surface area contributed by atoms with E-state index in [9.17, 15) is 18.0 Å². The molecule has 1 unspecified atom stereocenters.